The lowest BCUT2D eigenvalue weighted by Crippen LogP contribution is -2.46. The summed E-state index contributed by atoms with van der Waals surface area (Å²) in [7, 11) is 1.15. The summed E-state index contributed by atoms with van der Waals surface area (Å²) in [6.45, 7) is 6.59. The Hall–Kier alpha value is 0.0549. The van der Waals surface area contributed by atoms with Crippen molar-refractivity contribution in [1.82, 2.24) is 0 Å². The first kappa shape index (κ1) is 23.1. The van der Waals surface area contributed by atoms with Crippen LogP contribution in [-0.4, -0.2) is 63.4 Å². The van der Waals surface area contributed by atoms with Gasteiger partial charge in [-0.15, -0.1) is 0 Å². The molecule has 0 aromatic heterocycles. The summed E-state index contributed by atoms with van der Waals surface area (Å²) in [5.41, 5.74) is -2.61. The van der Waals surface area contributed by atoms with Crippen LogP contribution in [0.1, 0.15) is 59.8 Å². The largest absolute Gasteiger partial charge is 0.387 e. The Morgan fingerprint density at radius 3 is 2.32 bits per heavy atom. The van der Waals surface area contributed by atoms with Crippen molar-refractivity contribution in [3.05, 3.63) is 0 Å². The quantitative estimate of drug-likeness (QED) is 0.338. The van der Waals surface area contributed by atoms with E-state index in [9.17, 15) is 24.8 Å². The summed E-state index contributed by atoms with van der Waals surface area (Å²) in [4.78, 5) is 10.4. The van der Waals surface area contributed by atoms with Crippen LogP contribution >= 0.6 is 7.60 Å². The minimum Gasteiger partial charge on any atom is -0.387 e. The van der Waals surface area contributed by atoms with Gasteiger partial charge in [0.2, 0.25) is 0 Å². The van der Waals surface area contributed by atoms with E-state index in [0.29, 0.717) is 19.3 Å². The molecule has 4 N–H and O–H groups in total. The van der Waals surface area contributed by atoms with Gasteiger partial charge >= 0.3 is 7.60 Å². The lowest BCUT2D eigenvalue weighted by atomic mass is 9.80. The van der Waals surface area contributed by atoms with Crippen LogP contribution in [0.4, 0.5) is 0 Å². The molecule has 1 aliphatic heterocycles. The van der Waals surface area contributed by atoms with E-state index in [1.807, 2.05) is 0 Å². The van der Waals surface area contributed by atoms with E-state index >= 15 is 0 Å². The standard InChI is InChI=1S/C16H32BO7P/c1-5-8-14(4,19)25(21,22)24-15(6-2,7-3)9-12-13(18)16(20,10-17)11-23-12/h12-13,18-20H,5-11H2,1-4H3,(H,21,22)/t12-,13?,14?,16?/m1/s1. The van der Waals surface area contributed by atoms with Crippen molar-refractivity contribution in [1.29, 1.82) is 0 Å². The summed E-state index contributed by atoms with van der Waals surface area (Å²) >= 11 is 0. The molecule has 0 bridgehead atoms. The fraction of sp³-hybridized carbons (Fsp3) is 1.00. The van der Waals surface area contributed by atoms with Crippen molar-refractivity contribution in [3.63, 3.8) is 0 Å². The van der Waals surface area contributed by atoms with Crippen LogP contribution in [-0.2, 0) is 13.8 Å². The van der Waals surface area contributed by atoms with Gasteiger partial charge < -0.3 is 24.9 Å². The summed E-state index contributed by atoms with van der Waals surface area (Å²) in [6.07, 6.45) is -0.623. The average molecular weight is 378 g/mol. The van der Waals surface area contributed by atoms with E-state index in [4.69, 9.17) is 17.1 Å². The first-order valence-corrected chi connectivity index (χ1v) is 10.5. The van der Waals surface area contributed by atoms with Gasteiger partial charge in [0.05, 0.1) is 26.2 Å². The highest BCUT2D eigenvalue weighted by Gasteiger charge is 2.52. The highest BCUT2D eigenvalue weighted by molar-refractivity contribution is 7.54. The zero-order valence-corrected chi connectivity index (χ0v) is 16.5. The molecule has 25 heavy (non-hydrogen) atoms. The van der Waals surface area contributed by atoms with Crippen molar-refractivity contribution in [2.45, 2.75) is 94.9 Å². The molecule has 7 nitrogen and oxygen atoms in total. The zero-order valence-electron chi connectivity index (χ0n) is 15.6. The Bertz CT molecular complexity index is 483. The summed E-state index contributed by atoms with van der Waals surface area (Å²) in [5, 5.41) is 29.0. The molecule has 0 spiro atoms. The van der Waals surface area contributed by atoms with Gasteiger partial charge in [0, 0.05) is 6.42 Å². The molecule has 0 amide bonds. The van der Waals surface area contributed by atoms with Crippen LogP contribution in [0, 0.1) is 0 Å². The maximum Gasteiger partial charge on any atom is 0.359 e. The van der Waals surface area contributed by atoms with Crippen LogP contribution in [0.25, 0.3) is 0 Å². The molecule has 2 radical (unpaired) electrons. The number of ether oxygens (including phenoxy) is 1. The molecule has 5 atom stereocenters. The van der Waals surface area contributed by atoms with Crippen LogP contribution < -0.4 is 0 Å². The molecule has 1 heterocycles. The molecule has 1 aliphatic rings. The van der Waals surface area contributed by atoms with Crippen LogP contribution in [0.15, 0.2) is 0 Å². The van der Waals surface area contributed by atoms with E-state index < -0.39 is 36.3 Å². The molecular weight excluding hydrogens is 346 g/mol. The van der Waals surface area contributed by atoms with Crippen molar-refractivity contribution in [2.24, 2.45) is 0 Å². The van der Waals surface area contributed by atoms with Gasteiger partial charge in [0.1, 0.15) is 11.7 Å². The number of rotatable bonds is 10. The van der Waals surface area contributed by atoms with Crippen LogP contribution in [0.5, 0.6) is 0 Å². The maximum atomic E-state index is 12.7. The van der Waals surface area contributed by atoms with Gasteiger partial charge in [-0.2, -0.15) is 0 Å². The van der Waals surface area contributed by atoms with E-state index in [0.717, 1.165) is 0 Å². The first-order valence-electron chi connectivity index (χ1n) is 8.90. The second-order valence-corrected chi connectivity index (χ2v) is 9.46. The second-order valence-electron chi connectivity index (χ2n) is 7.27. The van der Waals surface area contributed by atoms with Gasteiger partial charge in [-0.3, -0.25) is 9.09 Å². The molecule has 0 saturated carbocycles. The normalized spacial score (nSPS) is 32.3. The van der Waals surface area contributed by atoms with Crippen molar-refractivity contribution in [3.8, 4) is 0 Å². The maximum absolute atomic E-state index is 12.7. The highest BCUT2D eigenvalue weighted by atomic mass is 31.2. The molecule has 1 saturated heterocycles. The van der Waals surface area contributed by atoms with Gasteiger partial charge in [0.15, 0.2) is 5.34 Å². The average Bonchev–Trinajstić information content (AvgIpc) is 2.82. The first-order chi connectivity index (χ1) is 11.4. The van der Waals surface area contributed by atoms with Crippen molar-refractivity contribution >= 4 is 15.4 Å². The smallest absolute Gasteiger partial charge is 0.359 e. The molecule has 0 aliphatic carbocycles. The topological polar surface area (TPSA) is 116 Å². The molecule has 4 unspecified atom stereocenters. The Labute approximate surface area is 151 Å². The minimum absolute atomic E-state index is 0.107. The Morgan fingerprint density at radius 2 is 1.92 bits per heavy atom. The fourth-order valence-corrected chi connectivity index (χ4v) is 4.73. The third-order valence-electron chi connectivity index (χ3n) is 5.32. The van der Waals surface area contributed by atoms with Gasteiger partial charge in [-0.25, -0.2) is 0 Å². The van der Waals surface area contributed by atoms with Gasteiger partial charge in [-0.1, -0.05) is 33.5 Å². The molecular formula is C16H32BO7P. The minimum atomic E-state index is -4.35. The summed E-state index contributed by atoms with van der Waals surface area (Å²) < 4.78 is 23.8. The summed E-state index contributed by atoms with van der Waals surface area (Å²) in [5.74, 6) is 0. The van der Waals surface area contributed by atoms with E-state index in [-0.39, 0.29) is 25.8 Å². The van der Waals surface area contributed by atoms with Gasteiger partial charge in [0.25, 0.3) is 0 Å². The Morgan fingerprint density at radius 1 is 1.36 bits per heavy atom. The van der Waals surface area contributed by atoms with E-state index in [1.54, 1.807) is 20.8 Å². The van der Waals surface area contributed by atoms with Gasteiger partial charge in [-0.05, 0) is 26.2 Å². The monoisotopic (exact) mass is 378 g/mol. The molecule has 1 rings (SSSR count). The molecule has 9 heteroatoms. The van der Waals surface area contributed by atoms with E-state index in [2.05, 4.69) is 0 Å². The molecule has 146 valence electrons. The third-order valence-corrected chi connectivity index (χ3v) is 7.39. The number of hydrogen-bond acceptors (Lipinski definition) is 6. The Kier molecular flexibility index (Phi) is 7.74. The zero-order chi connectivity index (χ0) is 19.5. The van der Waals surface area contributed by atoms with Crippen molar-refractivity contribution in [2.75, 3.05) is 6.61 Å². The van der Waals surface area contributed by atoms with E-state index in [1.165, 1.54) is 6.92 Å². The lowest BCUT2D eigenvalue weighted by Gasteiger charge is -2.40. The lowest BCUT2D eigenvalue weighted by molar-refractivity contribution is -0.0628. The van der Waals surface area contributed by atoms with Crippen LogP contribution in [0.2, 0.25) is 6.32 Å². The predicted octanol–water partition coefficient (Wildman–Crippen LogP) is 1.72. The molecule has 1 fully saturated rings. The van der Waals surface area contributed by atoms with Crippen LogP contribution in [0.3, 0.4) is 0 Å². The summed E-state index contributed by atoms with van der Waals surface area (Å²) in [6, 6.07) is 0. The SMILES string of the molecule is [B]CC1(O)CO[C@H](CC(CC)(CC)OP(=O)(O)C(C)(O)CCC)C1O. The Balaban J connectivity index is 3.00. The fourth-order valence-electron chi connectivity index (χ4n) is 3.17. The second kappa shape index (κ2) is 8.38. The third kappa shape index (κ3) is 4.86. The molecule has 0 aromatic carbocycles. The molecule has 0 aromatic rings. The number of hydrogen-bond donors (Lipinski definition) is 4. The van der Waals surface area contributed by atoms with Crippen molar-refractivity contribution < 1.29 is 34.0 Å². The predicted molar refractivity (Wildman–Crippen MR) is 95.6 cm³/mol. The highest BCUT2D eigenvalue weighted by Crippen LogP contribution is 2.60. The number of aliphatic hydroxyl groups excluding tert-OH is 1. The number of aliphatic hydroxyl groups is 3.